The zero-order valence-corrected chi connectivity index (χ0v) is 18.7. The van der Waals surface area contributed by atoms with Crippen molar-refractivity contribution in [2.45, 2.75) is 19.3 Å². The number of nitrogens with zero attached hydrogens (tertiary/aromatic N) is 3. The Balaban J connectivity index is 1.54. The van der Waals surface area contributed by atoms with E-state index < -0.39 is 0 Å². The van der Waals surface area contributed by atoms with Gasteiger partial charge in [-0.05, 0) is 28.3 Å². The number of aromatic nitrogens is 3. The molecule has 0 fully saturated rings. The average molecular weight is 426 g/mol. The molecule has 158 valence electrons. The maximum absolute atomic E-state index is 4.90. The molecule has 1 aromatic heterocycles. The van der Waals surface area contributed by atoms with Gasteiger partial charge in [0.1, 0.15) is 0 Å². The minimum absolute atomic E-state index is 0.0700. The maximum Gasteiger partial charge on any atom is 0.164 e. The van der Waals surface area contributed by atoms with Crippen LogP contribution in [0.3, 0.4) is 0 Å². The lowest BCUT2D eigenvalue weighted by Gasteiger charge is -2.21. The summed E-state index contributed by atoms with van der Waals surface area (Å²) in [6.07, 6.45) is 0. The number of fused-ring (bicyclic) bond motifs is 3. The summed E-state index contributed by atoms with van der Waals surface area (Å²) in [6.45, 7) is 4.58. The molecule has 1 aliphatic carbocycles. The molecule has 33 heavy (non-hydrogen) atoms. The van der Waals surface area contributed by atoms with Gasteiger partial charge in [0.05, 0.1) is 0 Å². The highest BCUT2D eigenvalue weighted by molar-refractivity contribution is 5.83. The molecule has 4 aromatic carbocycles. The number of benzene rings is 4. The van der Waals surface area contributed by atoms with E-state index in [1.807, 2.05) is 60.7 Å². The molecule has 0 aliphatic heterocycles. The lowest BCUT2D eigenvalue weighted by atomic mass is 9.82. The zero-order valence-electron chi connectivity index (χ0n) is 18.7. The Morgan fingerprint density at radius 3 is 1.55 bits per heavy atom. The van der Waals surface area contributed by atoms with Crippen LogP contribution < -0.4 is 0 Å². The first-order valence-electron chi connectivity index (χ1n) is 11.2. The summed E-state index contributed by atoms with van der Waals surface area (Å²) in [7, 11) is 0. The minimum Gasteiger partial charge on any atom is -0.208 e. The van der Waals surface area contributed by atoms with Gasteiger partial charge in [0.2, 0.25) is 0 Å². The van der Waals surface area contributed by atoms with Crippen LogP contribution in [0.25, 0.3) is 45.3 Å². The Bertz CT molecular complexity index is 1410. The van der Waals surface area contributed by atoms with Crippen LogP contribution in [0, 0.1) is 0 Å². The molecule has 0 spiro atoms. The molecular formula is C30H23N3. The summed E-state index contributed by atoms with van der Waals surface area (Å²) in [5, 5.41) is 0. The molecule has 0 saturated heterocycles. The van der Waals surface area contributed by atoms with Crippen molar-refractivity contribution in [2.24, 2.45) is 0 Å². The Hall–Kier alpha value is -4.11. The lowest BCUT2D eigenvalue weighted by Crippen LogP contribution is -2.15. The predicted octanol–water partition coefficient (Wildman–Crippen LogP) is 7.18. The van der Waals surface area contributed by atoms with Gasteiger partial charge >= 0.3 is 0 Å². The van der Waals surface area contributed by atoms with Crippen molar-refractivity contribution in [3.63, 3.8) is 0 Å². The van der Waals surface area contributed by atoms with Gasteiger partial charge in [-0.2, -0.15) is 0 Å². The first-order chi connectivity index (χ1) is 16.1. The third kappa shape index (κ3) is 3.25. The topological polar surface area (TPSA) is 38.7 Å². The van der Waals surface area contributed by atoms with Crippen LogP contribution in [0.1, 0.15) is 25.0 Å². The van der Waals surface area contributed by atoms with E-state index >= 15 is 0 Å². The number of hydrogen-bond acceptors (Lipinski definition) is 3. The Labute approximate surface area is 193 Å². The first kappa shape index (κ1) is 19.6. The molecule has 6 rings (SSSR count). The normalized spacial score (nSPS) is 13.4. The van der Waals surface area contributed by atoms with Gasteiger partial charge in [0.25, 0.3) is 0 Å². The fourth-order valence-corrected chi connectivity index (χ4v) is 4.78. The summed E-state index contributed by atoms with van der Waals surface area (Å²) in [6, 6.07) is 35.5. The van der Waals surface area contributed by atoms with E-state index in [4.69, 9.17) is 15.0 Å². The predicted molar refractivity (Wildman–Crippen MR) is 134 cm³/mol. The summed E-state index contributed by atoms with van der Waals surface area (Å²) in [5.41, 5.74) is 8.17. The molecule has 3 nitrogen and oxygen atoms in total. The summed E-state index contributed by atoms with van der Waals surface area (Å²) < 4.78 is 0. The van der Waals surface area contributed by atoms with Crippen LogP contribution in [-0.2, 0) is 5.41 Å². The van der Waals surface area contributed by atoms with Gasteiger partial charge in [-0.25, -0.2) is 15.0 Å². The van der Waals surface area contributed by atoms with Crippen molar-refractivity contribution in [1.29, 1.82) is 0 Å². The highest BCUT2D eigenvalue weighted by atomic mass is 15.0. The molecule has 3 heteroatoms. The van der Waals surface area contributed by atoms with Crippen molar-refractivity contribution in [1.82, 2.24) is 15.0 Å². The van der Waals surface area contributed by atoms with E-state index in [9.17, 15) is 0 Å². The van der Waals surface area contributed by atoms with Crippen LogP contribution >= 0.6 is 0 Å². The van der Waals surface area contributed by atoms with Crippen LogP contribution in [0.4, 0.5) is 0 Å². The molecule has 0 bridgehead atoms. The quantitative estimate of drug-likeness (QED) is 0.307. The molecule has 0 N–H and O–H groups in total. The molecule has 0 unspecified atom stereocenters. The largest absolute Gasteiger partial charge is 0.208 e. The molecular weight excluding hydrogens is 402 g/mol. The summed E-state index contributed by atoms with van der Waals surface area (Å²) in [5.74, 6) is 2.06. The van der Waals surface area contributed by atoms with Crippen molar-refractivity contribution in [3.05, 3.63) is 114 Å². The standard InChI is InChI=1S/C30H23N3/c1-30(2)25-16-10-9-15-23(25)24-18-17-22(19-26(24)30)29-32-27(20-11-5-3-6-12-20)31-28(33-29)21-13-7-4-8-14-21/h3-19H,1-2H3. The molecule has 5 aromatic rings. The Kier molecular flexibility index (Phi) is 4.44. The van der Waals surface area contributed by atoms with Crippen molar-refractivity contribution in [2.75, 3.05) is 0 Å². The third-order valence-corrected chi connectivity index (χ3v) is 6.54. The van der Waals surface area contributed by atoms with Gasteiger partial charge in [-0.15, -0.1) is 0 Å². The minimum atomic E-state index is -0.0700. The number of rotatable bonds is 3. The van der Waals surface area contributed by atoms with Crippen molar-refractivity contribution >= 4 is 0 Å². The molecule has 1 aliphatic rings. The Morgan fingerprint density at radius 2 is 0.939 bits per heavy atom. The van der Waals surface area contributed by atoms with Crippen molar-refractivity contribution in [3.8, 4) is 45.3 Å². The average Bonchev–Trinajstić information content (AvgIpc) is 3.11. The fourth-order valence-electron chi connectivity index (χ4n) is 4.78. The van der Waals surface area contributed by atoms with E-state index in [1.165, 1.54) is 22.3 Å². The van der Waals surface area contributed by atoms with E-state index in [0.29, 0.717) is 17.5 Å². The first-order valence-corrected chi connectivity index (χ1v) is 11.2. The highest BCUT2D eigenvalue weighted by Gasteiger charge is 2.35. The van der Waals surface area contributed by atoms with Gasteiger partial charge in [-0.3, -0.25) is 0 Å². The monoisotopic (exact) mass is 425 g/mol. The Morgan fingerprint density at radius 1 is 0.455 bits per heavy atom. The maximum atomic E-state index is 4.90. The second-order valence-corrected chi connectivity index (χ2v) is 8.97. The molecule has 0 saturated carbocycles. The van der Waals surface area contributed by atoms with Crippen LogP contribution in [0.2, 0.25) is 0 Å². The van der Waals surface area contributed by atoms with Gasteiger partial charge in [0.15, 0.2) is 17.5 Å². The SMILES string of the molecule is CC1(C)c2ccccc2-c2ccc(-c3nc(-c4ccccc4)nc(-c4ccccc4)n3)cc21. The summed E-state index contributed by atoms with van der Waals surface area (Å²) >= 11 is 0. The summed E-state index contributed by atoms with van der Waals surface area (Å²) in [4.78, 5) is 14.6. The second kappa shape index (κ2) is 7.49. The van der Waals surface area contributed by atoms with Crippen molar-refractivity contribution < 1.29 is 0 Å². The third-order valence-electron chi connectivity index (χ3n) is 6.54. The van der Waals surface area contributed by atoms with Crippen LogP contribution in [0.15, 0.2) is 103 Å². The lowest BCUT2D eigenvalue weighted by molar-refractivity contribution is 0.660. The highest BCUT2D eigenvalue weighted by Crippen LogP contribution is 2.49. The van der Waals surface area contributed by atoms with Gasteiger partial charge in [-0.1, -0.05) is 111 Å². The molecule has 0 atom stereocenters. The molecule has 1 heterocycles. The molecule has 0 radical (unpaired) electrons. The van der Waals surface area contributed by atoms with Crippen LogP contribution in [-0.4, -0.2) is 15.0 Å². The van der Waals surface area contributed by atoms with E-state index in [2.05, 4.69) is 56.3 Å². The molecule has 0 amide bonds. The van der Waals surface area contributed by atoms with E-state index in [1.54, 1.807) is 0 Å². The fraction of sp³-hybridized carbons (Fsp3) is 0.100. The van der Waals surface area contributed by atoms with E-state index in [-0.39, 0.29) is 5.41 Å². The second-order valence-electron chi connectivity index (χ2n) is 8.97. The number of hydrogen-bond donors (Lipinski definition) is 0. The van der Waals surface area contributed by atoms with Crippen LogP contribution in [0.5, 0.6) is 0 Å². The smallest absolute Gasteiger partial charge is 0.164 e. The van der Waals surface area contributed by atoms with E-state index in [0.717, 1.165) is 16.7 Å². The van der Waals surface area contributed by atoms with Gasteiger partial charge < -0.3 is 0 Å². The zero-order chi connectivity index (χ0) is 22.4. The van der Waals surface area contributed by atoms with Gasteiger partial charge in [0, 0.05) is 22.1 Å².